The first-order chi connectivity index (χ1) is 14.1. The van der Waals surface area contributed by atoms with Gasteiger partial charge in [-0.15, -0.1) is 0 Å². The van der Waals surface area contributed by atoms with Crippen LogP contribution in [0.3, 0.4) is 0 Å². The van der Waals surface area contributed by atoms with Crippen molar-refractivity contribution in [3.05, 3.63) is 76.9 Å². The molecule has 0 saturated carbocycles. The molecular weight excluding hydrogens is 360 g/mol. The minimum absolute atomic E-state index is 0.404. The van der Waals surface area contributed by atoms with Crippen molar-refractivity contribution in [2.75, 3.05) is 19.6 Å². The Morgan fingerprint density at radius 2 is 1.59 bits per heavy atom. The number of carbonyl (C=O) groups is 1. The second kappa shape index (κ2) is 8.23. The van der Waals surface area contributed by atoms with E-state index in [-0.39, 0.29) is 0 Å². The number of aliphatic carboxylic acids is 1. The van der Waals surface area contributed by atoms with Crippen LogP contribution in [0, 0.1) is 16.7 Å². The second-order valence-corrected chi connectivity index (χ2v) is 8.06. The molecule has 0 unspecified atom stereocenters. The molecule has 0 atom stereocenters. The zero-order valence-electron chi connectivity index (χ0n) is 16.6. The summed E-state index contributed by atoms with van der Waals surface area (Å²) in [5.74, 6) is -0.978. The Kier molecular flexibility index (Phi) is 5.51. The van der Waals surface area contributed by atoms with Crippen LogP contribution in [-0.4, -0.2) is 35.6 Å². The van der Waals surface area contributed by atoms with Gasteiger partial charge in [-0.2, -0.15) is 5.26 Å². The zero-order chi connectivity index (χ0) is 20.3. The Balaban J connectivity index is 1.51. The molecule has 4 rings (SSSR count). The molecule has 1 aliphatic carbocycles. The number of benzene rings is 2. The molecule has 1 saturated heterocycles. The van der Waals surface area contributed by atoms with E-state index in [1.54, 1.807) is 0 Å². The number of fused-ring (bicyclic) bond motifs is 2. The Labute approximate surface area is 172 Å². The van der Waals surface area contributed by atoms with Crippen molar-refractivity contribution in [1.82, 2.24) is 4.90 Å². The number of hydrogen-bond acceptors (Lipinski definition) is 3. The van der Waals surface area contributed by atoms with Crippen molar-refractivity contribution in [2.45, 2.75) is 32.1 Å². The molecule has 4 heteroatoms. The van der Waals surface area contributed by atoms with Crippen LogP contribution in [0.15, 0.2) is 54.6 Å². The maximum atomic E-state index is 11.5. The van der Waals surface area contributed by atoms with Crippen molar-refractivity contribution < 1.29 is 9.90 Å². The second-order valence-electron chi connectivity index (χ2n) is 8.06. The van der Waals surface area contributed by atoms with Gasteiger partial charge in [-0.3, -0.25) is 4.79 Å². The zero-order valence-corrected chi connectivity index (χ0v) is 16.6. The number of likely N-dealkylation sites (tertiary alicyclic amines) is 1. The monoisotopic (exact) mass is 386 g/mol. The van der Waals surface area contributed by atoms with Crippen molar-refractivity contribution in [3.8, 4) is 6.07 Å². The predicted molar refractivity (Wildman–Crippen MR) is 113 cm³/mol. The quantitative estimate of drug-likeness (QED) is 0.851. The number of nitriles is 1. The highest BCUT2D eigenvalue weighted by molar-refractivity contribution is 5.84. The van der Waals surface area contributed by atoms with Gasteiger partial charge in [0.25, 0.3) is 0 Å². The molecule has 148 valence electrons. The van der Waals surface area contributed by atoms with E-state index in [2.05, 4.69) is 59.5 Å². The molecule has 0 bridgehead atoms. The smallest absolute Gasteiger partial charge is 0.324 e. The van der Waals surface area contributed by atoms with Crippen LogP contribution < -0.4 is 0 Å². The lowest BCUT2D eigenvalue weighted by atomic mass is 9.80. The third-order valence-electron chi connectivity index (χ3n) is 6.41. The van der Waals surface area contributed by atoms with Crippen LogP contribution in [0.2, 0.25) is 0 Å². The van der Waals surface area contributed by atoms with Crippen molar-refractivity contribution in [2.24, 2.45) is 5.41 Å². The number of hydrogen-bond donors (Lipinski definition) is 1. The first-order valence-corrected chi connectivity index (χ1v) is 10.4. The summed E-state index contributed by atoms with van der Waals surface area (Å²) >= 11 is 0. The highest BCUT2D eigenvalue weighted by atomic mass is 16.4. The van der Waals surface area contributed by atoms with Gasteiger partial charge in [0, 0.05) is 19.6 Å². The molecule has 2 aromatic rings. The summed E-state index contributed by atoms with van der Waals surface area (Å²) in [6, 6.07) is 19.4. The van der Waals surface area contributed by atoms with Crippen LogP contribution in [-0.2, 0) is 17.6 Å². The summed E-state index contributed by atoms with van der Waals surface area (Å²) in [5.41, 5.74) is 5.55. The van der Waals surface area contributed by atoms with Crippen molar-refractivity contribution in [1.29, 1.82) is 5.26 Å². The number of rotatable bonds is 4. The van der Waals surface area contributed by atoms with E-state index >= 15 is 0 Å². The fourth-order valence-electron chi connectivity index (χ4n) is 4.56. The summed E-state index contributed by atoms with van der Waals surface area (Å²) < 4.78 is 0. The molecule has 0 aromatic heterocycles. The van der Waals surface area contributed by atoms with Crippen LogP contribution in [0.25, 0.3) is 5.57 Å². The molecule has 1 heterocycles. The molecule has 29 heavy (non-hydrogen) atoms. The lowest BCUT2D eigenvalue weighted by Gasteiger charge is -2.34. The van der Waals surface area contributed by atoms with E-state index in [9.17, 15) is 15.2 Å². The van der Waals surface area contributed by atoms with Crippen molar-refractivity contribution >= 4 is 11.5 Å². The Bertz CT molecular complexity index is 929. The summed E-state index contributed by atoms with van der Waals surface area (Å²) in [6.45, 7) is 2.21. The normalized spacial score (nSPS) is 18.1. The van der Waals surface area contributed by atoms with Crippen LogP contribution in [0.5, 0.6) is 0 Å². The van der Waals surface area contributed by atoms with E-state index in [0.29, 0.717) is 25.9 Å². The molecule has 0 amide bonds. The number of carboxylic acid groups (broad SMARTS) is 1. The fraction of sp³-hybridized carbons (Fsp3) is 0.360. The molecule has 1 aliphatic heterocycles. The highest BCUT2D eigenvalue weighted by Crippen LogP contribution is 2.34. The van der Waals surface area contributed by atoms with E-state index in [0.717, 1.165) is 25.8 Å². The first-order valence-electron chi connectivity index (χ1n) is 10.4. The first kappa shape index (κ1) is 19.4. The lowest BCUT2D eigenvalue weighted by Crippen LogP contribution is -2.43. The number of carboxylic acids is 1. The Morgan fingerprint density at radius 3 is 2.10 bits per heavy atom. The molecule has 4 nitrogen and oxygen atoms in total. The van der Waals surface area contributed by atoms with Gasteiger partial charge in [0.05, 0.1) is 6.07 Å². The van der Waals surface area contributed by atoms with Gasteiger partial charge >= 0.3 is 5.97 Å². The lowest BCUT2D eigenvalue weighted by molar-refractivity contribution is -0.147. The molecule has 0 radical (unpaired) electrons. The van der Waals surface area contributed by atoms with Gasteiger partial charge in [0.1, 0.15) is 0 Å². The van der Waals surface area contributed by atoms with Gasteiger partial charge in [-0.1, -0.05) is 54.6 Å². The van der Waals surface area contributed by atoms with Gasteiger partial charge in [0.15, 0.2) is 5.41 Å². The Hall–Kier alpha value is -2.90. The average molecular weight is 386 g/mol. The summed E-state index contributed by atoms with van der Waals surface area (Å²) in [7, 11) is 0. The number of aryl methyl sites for hydroxylation is 2. The average Bonchev–Trinajstić information content (AvgIpc) is 2.91. The van der Waals surface area contributed by atoms with Gasteiger partial charge < -0.3 is 10.0 Å². The van der Waals surface area contributed by atoms with Crippen LogP contribution in [0.1, 0.15) is 41.5 Å². The van der Waals surface area contributed by atoms with E-state index < -0.39 is 11.4 Å². The van der Waals surface area contributed by atoms with Crippen molar-refractivity contribution in [3.63, 3.8) is 0 Å². The third kappa shape index (κ3) is 3.83. The fourth-order valence-corrected chi connectivity index (χ4v) is 4.56. The van der Waals surface area contributed by atoms with E-state index in [1.807, 2.05) is 6.07 Å². The van der Waals surface area contributed by atoms with E-state index in [4.69, 9.17) is 0 Å². The van der Waals surface area contributed by atoms with Gasteiger partial charge in [0.2, 0.25) is 0 Å². The van der Waals surface area contributed by atoms with Crippen LogP contribution >= 0.6 is 0 Å². The maximum Gasteiger partial charge on any atom is 0.324 e. The summed E-state index contributed by atoms with van der Waals surface area (Å²) in [5, 5.41) is 18.7. The van der Waals surface area contributed by atoms with E-state index in [1.165, 1.54) is 27.8 Å². The number of nitrogens with zero attached hydrogens (tertiary/aromatic N) is 2. The maximum absolute atomic E-state index is 11.5. The van der Waals surface area contributed by atoms with Gasteiger partial charge in [-0.25, -0.2) is 0 Å². The molecule has 1 N–H and O–H groups in total. The third-order valence-corrected chi connectivity index (χ3v) is 6.41. The summed E-state index contributed by atoms with van der Waals surface area (Å²) in [6.07, 6.45) is 6.17. The topological polar surface area (TPSA) is 64.3 Å². The standard InChI is InChI=1S/C25H26N2O2/c26-18-25(24(28)29)13-16-27(17-14-25)15-5-10-23-21-8-3-1-6-19(21)11-12-20-7-2-4-9-22(20)23/h1-4,6-10H,5,11-17H2,(H,28,29). The minimum atomic E-state index is -1.20. The van der Waals surface area contributed by atoms with Crippen LogP contribution in [0.4, 0.5) is 0 Å². The summed E-state index contributed by atoms with van der Waals surface area (Å²) in [4.78, 5) is 13.7. The molecule has 0 spiro atoms. The van der Waals surface area contributed by atoms with Gasteiger partial charge in [-0.05, 0) is 59.9 Å². The largest absolute Gasteiger partial charge is 0.480 e. The SMILES string of the molecule is N#CC1(C(=O)O)CCN(CCC=C2c3ccccc3CCc3ccccc32)CC1. The molecule has 2 aromatic carbocycles. The minimum Gasteiger partial charge on any atom is -0.480 e. The predicted octanol–water partition coefficient (Wildman–Crippen LogP) is 4.30. The highest BCUT2D eigenvalue weighted by Gasteiger charge is 2.41. The molecule has 2 aliphatic rings. The Morgan fingerprint density at radius 1 is 1.03 bits per heavy atom. The number of piperidine rings is 1. The molecular formula is C25H26N2O2. The molecule has 1 fully saturated rings.